The first-order valence-corrected chi connectivity index (χ1v) is 8.50. The third-order valence-corrected chi connectivity index (χ3v) is 4.91. The molecule has 132 valence electrons. The number of hydrogen-bond acceptors (Lipinski definition) is 4. The highest BCUT2D eigenvalue weighted by Gasteiger charge is 2.36. The van der Waals surface area contributed by atoms with Crippen molar-refractivity contribution in [2.75, 3.05) is 46.9 Å². The SMILES string of the molecule is COc1ccccc1OC1CN(C(=O)NC[C@@]2(C)CCN(C)C2)C1. The molecule has 0 unspecified atom stereocenters. The maximum absolute atomic E-state index is 12.2. The number of para-hydroxylation sites is 2. The Morgan fingerprint density at radius 3 is 2.67 bits per heavy atom. The van der Waals surface area contributed by atoms with Crippen molar-refractivity contribution in [3.05, 3.63) is 24.3 Å². The standard InChI is InChI=1S/C18H27N3O3/c1-18(8-9-20(2)13-18)12-19-17(22)21-10-14(11-21)24-16-7-5-4-6-15(16)23-3/h4-7,14H,8-13H2,1-3H3,(H,19,22)/t18-/m1/s1. The van der Waals surface area contributed by atoms with E-state index in [0.717, 1.165) is 37.6 Å². The number of carbonyl (C=O) groups excluding carboxylic acids is 1. The first-order chi connectivity index (χ1) is 11.5. The highest BCUT2D eigenvalue weighted by atomic mass is 16.5. The third-order valence-electron chi connectivity index (χ3n) is 4.91. The molecule has 3 rings (SSSR count). The van der Waals surface area contributed by atoms with Crippen LogP contribution in [0.25, 0.3) is 0 Å². The van der Waals surface area contributed by atoms with Crippen LogP contribution in [0.1, 0.15) is 13.3 Å². The van der Waals surface area contributed by atoms with Gasteiger partial charge in [-0.2, -0.15) is 0 Å². The van der Waals surface area contributed by atoms with Crippen molar-refractivity contribution in [3.8, 4) is 11.5 Å². The van der Waals surface area contributed by atoms with E-state index >= 15 is 0 Å². The van der Waals surface area contributed by atoms with Crippen LogP contribution in [0.4, 0.5) is 4.79 Å². The van der Waals surface area contributed by atoms with Gasteiger partial charge in [-0.15, -0.1) is 0 Å². The average molecular weight is 333 g/mol. The minimum absolute atomic E-state index is 0.00524. The van der Waals surface area contributed by atoms with Gasteiger partial charge in [0, 0.05) is 13.1 Å². The smallest absolute Gasteiger partial charge is 0.317 e. The van der Waals surface area contributed by atoms with Gasteiger partial charge < -0.3 is 24.6 Å². The summed E-state index contributed by atoms with van der Waals surface area (Å²) in [5.41, 5.74) is 0.183. The zero-order valence-corrected chi connectivity index (χ0v) is 14.7. The monoisotopic (exact) mass is 333 g/mol. The van der Waals surface area contributed by atoms with Crippen LogP contribution in [0.3, 0.4) is 0 Å². The summed E-state index contributed by atoms with van der Waals surface area (Å²) in [6.45, 7) is 6.32. The fourth-order valence-electron chi connectivity index (χ4n) is 3.39. The Hall–Kier alpha value is -1.95. The molecule has 2 saturated heterocycles. The molecule has 2 aliphatic heterocycles. The lowest BCUT2D eigenvalue weighted by molar-refractivity contribution is 0.0418. The highest BCUT2D eigenvalue weighted by Crippen LogP contribution is 2.29. The van der Waals surface area contributed by atoms with Gasteiger partial charge in [-0.05, 0) is 37.6 Å². The summed E-state index contributed by atoms with van der Waals surface area (Å²) >= 11 is 0. The second kappa shape index (κ2) is 6.89. The number of methoxy groups -OCH3 is 1. The van der Waals surface area contributed by atoms with Crippen LogP contribution in [-0.2, 0) is 0 Å². The quantitative estimate of drug-likeness (QED) is 0.893. The van der Waals surface area contributed by atoms with Crippen LogP contribution in [0.2, 0.25) is 0 Å². The van der Waals surface area contributed by atoms with E-state index in [1.54, 1.807) is 12.0 Å². The molecule has 1 aromatic rings. The second-order valence-electron chi connectivity index (χ2n) is 7.25. The molecule has 6 heteroatoms. The first-order valence-electron chi connectivity index (χ1n) is 8.50. The fraction of sp³-hybridized carbons (Fsp3) is 0.611. The van der Waals surface area contributed by atoms with Crippen LogP contribution >= 0.6 is 0 Å². The Balaban J connectivity index is 1.42. The molecule has 0 radical (unpaired) electrons. The molecule has 2 heterocycles. The Bertz CT molecular complexity index is 589. The van der Waals surface area contributed by atoms with E-state index in [1.807, 2.05) is 24.3 Å². The van der Waals surface area contributed by atoms with Crippen LogP contribution in [0.15, 0.2) is 24.3 Å². The van der Waals surface area contributed by atoms with Crippen molar-refractivity contribution < 1.29 is 14.3 Å². The number of rotatable bonds is 5. The summed E-state index contributed by atoms with van der Waals surface area (Å²) in [6, 6.07) is 7.59. The maximum Gasteiger partial charge on any atom is 0.317 e. The molecular weight excluding hydrogens is 306 g/mol. The summed E-state index contributed by atoms with van der Waals surface area (Å²) < 4.78 is 11.2. The van der Waals surface area contributed by atoms with Gasteiger partial charge in [0.05, 0.1) is 20.2 Å². The number of urea groups is 1. The number of benzene rings is 1. The van der Waals surface area contributed by atoms with E-state index in [0.29, 0.717) is 13.1 Å². The number of likely N-dealkylation sites (tertiary alicyclic amines) is 2. The van der Waals surface area contributed by atoms with Crippen LogP contribution < -0.4 is 14.8 Å². The van der Waals surface area contributed by atoms with Crippen LogP contribution in [0.5, 0.6) is 11.5 Å². The molecule has 0 aromatic heterocycles. The number of amides is 2. The van der Waals surface area contributed by atoms with Crippen molar-refractivity contribution in [2.45, 2.75) is 19.4 Å². The molecule has 0 aliphatic carbocycles. The normalized spacial score (nSPS) is 24.5. The molecule has 2 amide bonds. The van der Waals surface area contributed by atoms with Gasteiger partial charge in [0.15, 0.2) is 11.5 Å². The summed E-state index contributed by atoms with van der Waals surface area (Å²) in [6.07, 6.45) is 1.16. The zero-order valence-electron chi connectivity index (χ0n) is 14.7. The number of carbonyl (C=O) groups is 1. The van der Waals surface area contributed by atoms with Crippen molar-refractivity contribution >= 4 is 6.03 Å². The van der Waals surface area contributed by atoms with E-state index < -0.39 is 0 Å². The lowest BCUT2D eigenvalue weighted by atomic mass is 9.90. The predicted molar refractivity (Wildman–Crippen MR) is 92.6 cm³/mol. The highest BCUT2D eigenvalue weighted by molar-refractivity contribution is 5.75. The van der Waals surface area contributed by atoms with Crippen molar-refractivity contribution in [1.29, 1.82) is 0 Å². The van der Waals surface area contributed by atoms with Gasteiger partial charge in [0.25, 0.3) is 0 Å². The topological polar surface area (TPSA) is 54.0 Å². The molecule has 6 nitrogen and oxygen atoms in total. The average Bonchev–Trinajstić information content (AvgIpc) is 2.88. The second-order valence-corrected chi connectivity index (χ2v) is 7.25. The molecule has 1 N–H and O–H groups in total. The molecule has 2 fully saturated rings. The molecule has 24 heavy (non-hydrogen) atoms. The minimum Gasteiger partial charge on any atom is -0.493 e. The number of nitrogens with zero attached hydrogens (tertiary/aromatic N) is 2. The van der Waals surface area contributed by atoms with Gasteiger partial charge in [-0.1, -0.05) is 19.1 Å². The zero-order chi connectivity index (χ0) is 17.2. The van der Waals surface area contributed by atoms with Crippen molar-refractivity contribution in [2.24, 2.45) is 5.41 Å². The Kier molecular flexibility index (Phi) is 4.85. The summed E-state index contributed by atoms with van der Waals surface area (Å²) in [5.74, 6) is 1.45. The lowest BCUT2D eigenvalue weighted by Gasteiger charge is -2.39. The van der Waals surface area contributed by atoms with E-state index in [9.17, 15) is 4.79 Å². The van der Waals surface area contributed by atoms with Crippen LogP contribution in [0, 0.1) is 5.41 Å². The van der Waals surface area contributed by atoms with E-state index in [2.05, 4.69) is 24.2 Å². The molecular formula is C18H27N3O3. The number of nitrogens with one attached hydrogen (secondary N) is 1. The van der Waals surface area contributed by atoms with Crippen molar-refractivity contribution in [1.82, 2.24) is 15.1 Å². The largest absolute Gasteiger partial charge is 0.493 e. The molecule has 0 bridgehead atoms. The summed E-state index contributed by atoms with van der Waals surface area (Å²) in [4.78, 5) is 16.4. The number of hydrogen-bond donors (Lipinski definition) is 1. The van der Waals surface area contributed by atoms with Crippen LogP contribution in [-0.4, -0.2) is 68.8 Å². The van der Waals surface area contributed by atoms with E-state index in [1.165, 1.54) is 0 Å². The minimum atomic E-state index is 0.00524. The van der Waals surface area contributed by atoms with E-state index in [4.69, 9.17) is 9.47 Å². The van der Waals surface area contributed by atoms with Gasteiger partial charge in [-0.3, -0.25) is 0 Å². The lowest BCUT2D eigenvalue weighted by Crippen LogP contribution is -2.59. The first kappa shape index (κ1) is 16.9. The van der Waals surface area contributed by atoms with E-state index in [-0.39, 0.29) is 17.6 Å². The Morgan fingerprint density at radius 2 is 2.04 bits per heavy atom. The third kappa shape index (κ3) is 3.75. The van der Waals surface area contributed by atoms with Crippen molar-refractivity contribution in [3.63, 3.8) is 0 Å². The molecule has 1 atom stereocenters. The number of ether oxygens (including phenoxy) is 2. The van der Waals surface area contributed by atoms with Gasteiger partial charge >= 0.3 is 6.03 Å². The molecule has 0 spiro atoms. The molecule has 2 aliphatic rings. The predicted octanol–water partition coefficient (Wildman–Crippen LogP) is 1.81. The molecule has 1 aromatic carbocycles. The Labute approximate surface area is 143 Å². The summed E-state index contributed by atoms with van der Waals surface area (Å²) in [5, 5.41) is 3.07. The summed E-state index contributed by atoms with van der Waals surface area (Å²) in [7, 11) is 3.76. The van der Waals surface area contributed by atoms with Gasteiger partial charge in [0.2, 0.25) is 0 Å². The maximum atomic E-state index is 12.2. The Morgan fingerprint density at radius 1 is 1.33 bits per heavy atom. The molecule has 0 saturated carbocycles. The van der Waals surface area contributed by atoms with Gasteiger partial charge in [-0.25, -0.2) is 4.79 Å². The fourth-order valence-corrected chi connectivity index (χ4v) is 3.39. The van der Waals surface area contributed by atoms with Gasteiger partial charge in [0.1, 0.15) is 6.10 Å².